The number of ketones is 1. The molecule has 0 spiro atoms. The summed E-state index contributed by atoms with van der Waals surface area (Å²) in [5.74, 6) is -0.609. The van der Waals surface area contributed by atoms with E-state index in [0.29, 0.717) is 6.42 Å². The highest BCUT2D eigenvalue weighted by atomic mass is 16.6. The van der Waals surface area contributed by atoms with Crippen LogP contribution >= 0.6 is 0 Å². The van der Waals surface area contributed by atoms with Gasteiger partial charge in [-0.05, 0) is 65.9 Å². The summed E-state index contributed by atoms with van der Waals surface area (Å²) in [6.45, 7) is 8.55. The second-order valence-electron chi connectivity index (χ2n) is 7.44. The molecule has 0 fully saturated rings. The Bertz CT molecular complexity index is 566. The van der Waals surface area contributed by atoms with Crippen molar-refractivity contribution in [1.29, 1.82) is 0 Å². The van der Waals surface area contributed by atoms with Crippen LogP contribution in [0.25, 0.3) is 0 Å². The third-order valence-corrected chi connectivity index (χ3v) is 4.00. The second kappa shape index (κ2) is 8.81. The van der Waals surface area contributed by atoms with Gasteiger partial charge in [0, 0.05) is 0 Å². The first-order chi connectivity index (χ1) is 11.1. The van der Waals surface area contributed by atoms with Gasteiger partial charge in [0.05, 0.1) is 0 Å². The van der Waals surface area contributed by atoms with Crippen LogP contribution in [-0.4, -0.2) is 17.4 Å². The monoisotopic (exact) mass is 330 g/mol. The number of hydrogen-bond acceptors (Lipinski definition) is 3. The van der Waals surface area contributed by atoms with Crippen molar-refractivity contribution in [2.45, 2.75) is 65.9 Å². The van der Waals surface area contributed by atoms with Crippen LogP contribution in [0.3, 0.4) is 0 Å². The van der Waals surface area contributed by atoms with E-state index in [-0.39, 0.29) is 5.78 Å². The molecule has 1 atom stereocenters. The smallest absolute Gasteiger partial charge is 0.320 e. The lowest BCUT2D eigenvalue weighted by Gasteiger charge is -2.28. The van der Waals surface area contributed by atoms with E-state index in [1.807, 2.05) is 45.0 Å². The molecule has 0 saturated heterocycles. The summed E-state index contributed by atoms with van der Waals surface area (Å²) < 4.78 is 5.41. The molecule has 1 rings (SSSR count). The van der Waals surface area contributed by atoms with Crippen LogP contribution in [0.2, 0.25) is 0 Å². The molecule has 0 amide bonds. The third kappa shape index (κ3) is 6.69. The number of unbranched alkanes of at least 4 members (excludes halogenated alkanes) is 1. The standard InChI is InChI=1S/C21H30O3/c1-17(22)21(5,19(23)24-20(2,3)4)16-12-7-6-9-13-18-14-10-8-11-15-18/h7-8,10-12,14-15H,6,9,13,16H2,1-5H3/b12-7+/t21-/m0/s1. The fourth-order valence-electron chi connectivity index (χ4n) is 2.27. The molecule has 0 aliphatic heterocycles. The van der Waals surface area contributed by atoms with E-state index in [0.717, 1.165) is 19.3 Å². The molecule has 3 heteroatoms. The van der Waals surface area contributed by atoms with E-state index in [9.17, 15) is 9.59 Å². The minimum Gasteiger partial charge on any atom is -0.459 e. The fourth-order valence-corrected chi connectivity index (χ4v) is 2.27. The summed E-state index contributed by atoms with van der Waals surface area (Å²) in [6, 6.07) is 10.4. The van der Waals surface area contributed by atoms with Gasteiger partial charge in [-0.3, -0.25) is 9.59 Å². The van der Waals surface area contributed by atoms with Crippen LogP contribution in [0.5, 0.6) is 0 Å². The van der Waals surface area contributed by atoms with Gasteiger partial charge in [0.2, 0.25) is 0 Å². The number of benzene rings is 1. The normalized spacial score (nSPS) is 14.4. The lowest BCUT2D eigenvalue weighted by atomic mass is 9.82. The number of carbonyl (C=O) groups is 2. The van der Waals surface area contributed by atoms with E-state index < -0.39 is 17.0 Å². The highest BCUT2D eigenvalue weighted by molar-refractivity contribution is 6.02. The van der Waals surface area contributed by atoms with Crippen LogP contribution in [0.4, 0.5) is 0 Å². The number of rotatable bonds is 8. The summed E-state index contributed by atoms with van der Waals surface area (Å²) >= 11 is 0. The molecule has 132 valence electrons. The van der Waals surface area contributed by atoms with Gasteiger partial charge >= 0.3 is 5.97 Å². The Morgan fingerprint density at radius 3 is 2.21 bits per heavy atom. The highest BCUT2D eigenvalue weighted by Crippen LogP contribution is 2.28. The highest BCUT2D eigenvalue weighted by Gasteiger charge is 2.40. The molecule has 0 aromatic heterocycles. The minimum absolute atomic E-state index is 0.161. The predicted octanol–water partition coefficient (Wildman–Crippen LogP) is 4.89. The maximum absolute atomic E-state index is 12.4. The van der Waals surface area contributed by atoms with Crippen molar-refractivity contribution in [3.8, 4) is 0 Å². The van der Waals surface area contributed by atoms with E-state index in [2.05, 4.69) is 18.2 Å². The summed E-state index contributed by atoms with van der Waals surface area (Å²) in [6.07, 6.45) is 7.36. The molecule has 1 aromatic rings. The molecular weight excluding hydrogens is 300 g/mol. The summed E-state index contributed by atoms with van der Waals surface area (Å²) in [7, 11) is 0. The molecule has 0 saturated carbocycles. The molecule has 0 bridgehead atoms. The SMILES string of the molecule is CC(=O)[C@](C)(C/C=C/CCCc1ccccc1)C(=O)OC(C)(C)C. The Morgan fingerprint density at radius 1 is 1.04 bits per heavy atom. The summed E-state index contributed by atoms with van der Waals surface area (Å²) in [4.78, 5) is 24.3. The van der Waals surface area contributed by atoms with Crippen molar-refractivity contribution < 1.29 is 14.3 Å². The lowest BCUT2D eigenvalue weighted by molar-refractivity contribution is -0.168. The van der Waals surface area contributed by atoms with Crippen LogP contribution in [0, 0.1) is 5.41 Å². The van der Waals surface area contributed by atoms with E-state index in [1.54, 1.807) is 6.92 Å². The number of carbonyl (C=O) groups excluding carboxylic acids is 2. The molecule has 24 heavy (non-hydrogen) atoms. The molecular formula is C21H30O3. The summed E-state index contributed by atoms with van der Waals surface area (Å²) in [5, 5.41) is 0. The first-order valence-electron chi connectivity index (χ1n) is 8.58. The van der Waals surface area contributed by atoms with Crippen LogP contribution in [-0.2, 0) is 20.7 Å². The molecule has 0 aliphatic rings. The van der Waals surface area contributed by atoms with Crippen LogP contribution in [0.1, 0.15) is 59.4 Å². The van der Waals surface area contributed by atoms with Gasteiger partial charge in [-0.25, -0.2) is 0 Å². The zero-order chi connectivity index (χ0) is 18.2. The number of Topliss-reactive ketones (excluding diaryl/α,β-unsaturated/α-hetero) is 1. The Balaban J connectivity index is 2.50. The first-order valence-corrected chi connectivity index (χ1v) is 8.58. The number of allylic oxidation sites excluding steroid dienone is 2. The molecule has 0 heterocycles. The molecule has 0 aliphatic carbocycles. The van der Waals surface area contributed by atoms with Gasteiger partial charge in [-0.2, -0.15) is 0 Å². The third-order valence-electron chi connectivity index (χ3n) is 4.00. The average Bonchev–Trinajstić information content (AvgIpc) is 2.49. The zero-order valence-electron chi connectivity index (χ0n) is 15.6. The van der Waals surface area contributed by atoms with Crippen LogP contribution in [0.15, 0.2) is 42.5 Å². The molecule has 0 unspecified atom stereocenters. The number of hydrogen-bond donors (Lipinski definition) is 0. The lowest BCUT2D eigenvalue weighted by Crippen LogP contribution is -2.40. The molecule has 0 N–H and O–H groups in total. The number of ether oxygens (including phenoxy) is 1. The summed E-state index contributed by atoms with van der Waals surface area (Å²) in [5.41, 5.74) is -0.371. The van der Waals surface area contributed by atoms with Gasteiger partial charge in [-0.1, -0.05) is 42.5 Å². The van der Waals surface area contributed by atoms with E-state index in [4.69, 9.17) is 4.74 Å². The van der Waals surface area contributed by atoms with Gasteiger partial charge in [0.15, 0.2) is 0 Å². The van der Waals surface area contributed by atoms with Gasteiger partial charge in [-0.15, -0.1) is 0 Å². The Hall–Kier alpha value is -1.90. The van der Waals surface area contributed by atoms with Crippen molar-refractivity contribution in [3.63, 3.8) is 0 Å². The Kier molecular flexibility index (Phi) is 7.40. The van der Waals surface area contributed by atoms with Crippen molar-refractivity contribution in [3.05, 3.63) is 48.0 Å². The molecule has 3 nitrogen and oxygen atoms in total. The average molecular weight is 330 g/mol. The predicted molar refractivity (Wildman–Crippen MR) is 97.8 cm³/mol. The Labute approximate surface area is 146 Å². The number of aryl methyl sites for hydroxylation is 1. The maximum Gasteiger partial charge on any atom is 0.320 e. The first kappa shape index (κ1) is 20.1. The van der Waals surface area contributed by atoms with E-state index in [1.165, 1.54) is 12.5 Å². The van der Waals surface area contributed by atoms with Crippen molar-refractivity contribution in [2.75, 3.05) is 0 Å². The van der Waals surface area contributed by atoms with Crippen molar-refractivity contribution in [2.24, 2.45) is 5.41 Å². The largest absolute Gasteiger partial charge is 0.459 e. The topological polar surface area (TPSA) is 43.4 Å². The van der Waals surface area contributed by atoms with Gasteiger partial charge < -0.3 is 4.74 Å². The Morgan fingerprint density at radius 2 is 1.67 bits per heavy atom. The van der Waals surface area contributed by atoms with Crippen molar-refractivity contribution in [1.82, 2.24) is 0 Å². The van der Waals surface area contributed by atoms with Crippen LogP contribution < -0.4 is 0 Å². The van der Waals surface area contributed by atoms with E-state index >= 15 is 0 Å². The maximum atomic E-state index is 12.4. The second-order valence-corrected chi connectivity index (χ2v) is 7.44. The zero-order valence-corrected chi connectivity index (χ0v) is 15.6. The molecule has 1 aromatic carbocycles. The number of esters is 1. The fraction of sp³-hybridized carbons (Fsp3) is 0.524. The minimum atomic E-state index is -1.11. The van der Waals surface area contributed by atoms with Gasteiger partial charge in [0.25, 0.3) is 0 Å². The quantitative estimate of drug-likeness (QED) is 0.295. The van der Waals surface area contributed by atoms with Gasteiger partial charge in [0.1, 0.15) is 16.8 Å². The molecule has 0 radical (unpaired) electrons. The van der Waals surface area contributed by atoms with Crippen molar-refractivity contribution >= 4 is 11.8 Å².